The van der Waals surface area contributed by atoms with E-state index in [2.05, 4.69) is 0 Å². The number of amides is 1. The van der Waals surface area contributed by atoms with Crippen molar-refractivity contribution >= 4 is 15.9 Å². The summed E-state index contributed by atoms with van der Waals surface area (Å²) in [6, 6.07) is 7.94. The van der Waals surface area contributed by atoms with Crippen molar-refractivity contribution in [1.82, 2.24) is 9.79 Å². The van der Waals surface area contributed by atoms with Gasteiger partial charge in [-0.05, 0) is 25.3 Å². The van der Waals surface area contributed by atoms with Crippen LogP contribution in [0.25, 0.3) is 0 Å². The van der Waals surface area contributed by atoms with Crippen LogP contribution in [0.4, 0.5) is 0 Å². The monoisotopic (exact) mass is 342 g/mol. The molecule has 7 heteroatoms. The lowest BCUT2D eigenvalue weighted by atomic mass is 10.1. The molecule has 6 nitrogen and oxygen atoms in total. The maximum absolute atomic E-state index is 12.4. The van der Waals surface area contributed by atoms with E-state index in [9.17, 15) is 13.2 Å². The molecule has 0 spiro atoms. The Hall–Kier alpha value is -1.44. The Morgan fingerprint density at radius 3 is 2.43 bits per heavy atom. The Morgan fingerprint density at radius 2 is 1.87 bits per heavy atom. The molecule has 0 atom stereocenters. The topological polar surface area (TPSA) is 86.7 Å². The average Bonchev–Trinajstić information content (AvgIpc) is 2.54. The normalized spacial score (nSPS) is 11.7. The van der Waals surface area contributed by atoms with E-state index in [0.29, 0.717) is 19.4 Å². The second-order valence-electron chi connectivity index (χ2n) is 5.59. The van der Waals surface area contributed by atoms with Gasteiger partial charge in [-0.1, -0.05) is 43.2 Å². The van der Waals surface area contributed by atoms with Gasteiger partial charge >= 0.3 is 0 Å². The van der Waals surface area contributed by atoms with Gasteiger partial charge in [0.2, 0.25) is 15.9 Å². The summed E-state index contributed by atoms with van der Waals surface area (Å²) in [7, 11) is -3.40. The van der Waals surface area contributed by atoms with Crippen molar-refractivity contribution in [3.8, 4) is 0 Å². The maximum atomic E-state index is 12.4. The molecule has 0 unspecified atom stereocenters. The Kier molecular flexibility index (Phi) is 8.22. The van der Waals surface area contributed by atoms with Crippen LogP contribution in [0.1, 0.15) is 37.3 Å². The molecule has 1 aromatic carbocycles. The smallest absolute Gasteiger partial charge is 0.244 e. The number of sulfonamides is 1. The summed E-state index contributed by atoms with van der Waals surface area (Å²) < 4.78 is 26.1. The summed E-state index contributed by atoms with van der Waals surface area (Å²) in [5.41, 5.74) is 3.74. The Balaban J connectivity index is 2.73. The van der Waals surface area contributed by atoms with Crippen molar-refractivity contribution in [2.75, 3.05) is 18.8 Å². The fourth-order valence-corrected chi connectivity index (χ4v) is 3.79. The lowest BCUT2D eigenvalue weighted by Crippen LogP contribution is -2.37. The molecule has 0 aliphatic rings. The van der Waals surface area contributed by atoms with Crippen LogP contribution in [0, 0.1) is 6.92 Å². The Bertz CT molecular complexity index is 585. The van der Waals surface area contributed by atoms with E-state index in [4.69, 9.17) is 5.21 Å². The van der Waals surface area contributed by atoms with Gasteiger partial charge in [-0.3, -0.25) is 10.0 Å². The molecule has 0 fully saturated rings. The summed E-state index contributed by atoms with van der Waals surface area (Å²) in [4.78, 5) is 11.2. The van der Waals surface area contributed by atoms with Gasteiger partial charge in [0.25, 0.3) is 0 Å². The number of unbranched alkanes of at least 4 members (excludes halogenated alkanes) is 1. The molecule has 0 radical (unpaired) electrons. The highest BCUT2D eigenvalue weighted by Crippen LogP contribution is 2.10. The third kappa shape index (κ3) is 7.11. The fourth-order valence-electron chi connectivity index (χ4n) is 2.14. The molecule has 23 heavy (non-hydrogen) atoms. The number of carbonyl (C=O) groups excluding carboxylic acids is 1. The minimum absolute atomic E-state index is 0.0598. The Morgan fingerprint density at radius 1 is 1.22 bits per heavy atom. The van der Waals surface area contributed by atoms with E-state index in [0.717, 1.165) is 17.5 Å². The first kappa shape index (κ1) is 19.6. The van der Waals surface area contributed by atoms with Crippen LogP contribution >= 0.6 is 0 Å². The predicted molar refractivity (Wildman–Crippen MR) is 89.7 cm³/mol. The molecule has 1 amide bonds. The number of nitrogens with zero attached hydrogens (tertiary/aromatic N) is 1. The zero-order chi connectivity index (χ0) is 17.3. The SMILES string of the molecule is CCCCS(=O)(=O)N(CCC(=O)NO)CCc1ccc(C)cc1. The van der Waals surface area contributed by atoms with Crippen LogP contribution in [0.15, 0.2) is 24.3 Å². The number of hydroxylamine groups is 1. The summed E-state index contributed by atoms with van der Waals surface area (Å²) in [6.45, 7) is 4.34. The third-order valence-corrected chi connectivity index (χ3v) is 5.59. The van der Waals surface area contributed by atoms with Crippen molar-refractivity contribution in [1.29, 1.82) is 0 Å². The maximum Gasteiger partial charge on any atom is 0.244 e. The molecule has 0 aromatic heterocycles. The molecule has 0 bridgehead atoms. The second-order valence-corrected chi connectivity index (χ2v) is 7.68. The molecular formula is C16H26N2O4S. The first-order valence-electron chi connectivity index (χ1n) is 7.85. The molecule has 0 heterocycles. The molecule has 2 N–H and O–H groups in total. The number of benzene rings is 1. The number of carbonyl (C=O) groups is 1. The van der Waals surface area contributed by atoms with Crippen LogP contribution in [0.2, 0.25) is 0 Å². The second kappa shape index (κ2) is 9.64. The number of hydrogen-bond donors (Lipinski definition) is 2. The lowest BCUT2D eigenvalue weighted by molar-refractivity contribution is -0.129. The first-order valence-corrected chi connectivity index (χ1v) is 9.46. The molecule has 0 aliphatic heterocycles. The van der Waals surface area contributed by atoms with E-state index in [1.807, 2.05) is 38.1 Å². The van der Waals surface area contributed by atoms with E-state index < -0.39 is 15.9 Å². The molecule has 1 aromatic rings. The standard InChI is InChI=1S/C16H26N2O4S/c1-3-4-13-23(21,22)18(12-10-16(19)17-20)11-9-15-7-5-14(2)6-8-15/h5-8,20H,3-4,9-13H2,1-2H3,(H,17,19). The van der Waals surface area contributed by atoms with Gasteiger partial charge in [-0.2, -0.15) is 0 Å². The molecule has 0 saturated heterocycles. The molecule has 130 valence electrons. The van der Waals surface area contributed by atoms with Crippen LogP contribution in [0.3, 0.4) is 0 Å². The minimum Gasteiger partial charge on any atom is -0.289 e. The number of aryl methyl sites for hydroxylation is 1. The van der Waals surface area contributed by atoms with Crippen molar-refractivity contribution in [3.05, 3.63) is 35.4 Å². The fraction of sp³-hybridized carbons (Fsp3) is 0.562. The van der Waals surface area contributed by atoms with Crippen molar-refractivity contribution in [2.45, 2.75) is 39.5 Å². The van der Waals surface area contributed by atoms with Crippen molar-refractivity contribution < 1.29 is 18.4 Å². The molecule has 0 aliphatic carbocycles. The number of rotatable bonds is 10. The van der Waals surface area contributed by atoms with Gasteiger partial charge in [0.05, 0.1) is 5.75 Å². The zero-order valence-electron chi connectivity index (χ0n) is 13.8. The Labute approximate surface area is 138 Å². The molecule has 0 saturated carbocycles. The third-order valence-electron chi connectivity index (χ3n) is 3.63. The van der Waals surface area contributed by atoms with Gasteiger partial charge in [-0.15, -0.1) is 0 Å². The molecular weight excluding hydrogens is 316 g/mol. The van der Waals surface area contributed by atoms with E-state index >= 15 is 0 Å². The number of hydrogen-bond acceptors (Lipinski definition) is 4. The lowest BCUT2D eigenvalue weighted by Gasteiger charge is -2.22. The van der Waals surface area contributed by atoms with Crippen LogP contribution in [-0.2, 0) is 21.2 Å². The highest BCUT2D eigenvalue weighted by Gasteiger charge is 2.22. The van der Waals surface area contributed by atoms with Crippen LogP contribution < -0.4 is 5.48 Å². The molecule has 1 rings (SSSR count). The van der Waals surface area contributed by atoms with Crippen LogP contribution in [0.5, 0.6) is 0 Å². The van der Waals surface area contributed by atoms with E-state index in [1.54, 1.807) is 0 Å². The zero-order valence-corrected chi connectivity index (χ0v) is 14.6. The van der Waals surface area contributed by atoms with Gasteiger partial charge in [-0.25, -0.2) is 18.2 Å². The van der Waals surface area contributed by atoms with Crippen molar-refractivity contribution in [2.24, 2.45) is 0 Å². The first-order chi connectivity index (χ1) is 10.9. The van der Waals surface area contributed by atoms with Gasteiger partial charge < -0.3 is 0 Å². The predicted octanol–water partition coefficient (Wildman–Crippen LogP) is 1.86. The number of nitrogens with one attached hydrogen (secondary N) is 1. The van der Waals surface area contributed by atoms with E-state index in [-0.39, 0.29) is 18.7 Å². The highest BCUT2D eigenvalue weighted by atomic mass is 32.2. The summed E-state index contributed by atoms with van der Waals surface area (Å²) in [6.07, 6.45) is 1.92. The summed E-state index contributed by atoms with van der Waals surface area (Å²) in [5, 5.41) is 8.56. The van der Waals surface area contributed by atoms with Crippen LogP contribution in [-0.4, -0.2) is 42.7 Å². The average molecular weight is 342 g/mol. The van der Waals surface area contributed by atoms with Gasteiger partial charge in [0.1, 0.15) is 0 Å². The largest absolute Gasteiger partial charge is 0.289 e. The van der Waals surface area contributed by atoms with Crippen molar-refractivity contribution in [3.63, 3.8) is 0 Å². The quantitative estimate of drug-likeness (QED) is 0.502. The summed E-state index contributed by atoms with van der Waals surface area (Å²) in [5.74, 6) is -0.506. The highest BCUT2D eigenvalue weighted by molar-refractivity contribution is 7.89. The minimum atomic E-state index is -3.40. The summed E-state index contributed by atoms with van der Waals surface area (Å²) >= 11 is 0. The van der Waals surface area contributed by atoms with Gasteiger partial charge in [0, 0.05) is 19.5 Å². The van der Waals surface area contributed by atoms with E-state index in [1.165, 1.54) is 9.79 Å². The van der Waals surface area contributed by atoms with Gasteiger partial charge in [0.15, 0.2) is 0 Å².